The number of aromatic nitrogens is 1. The van der Waals surface area contributed by atoms with E-state index < -0.39 is 0 Å². The third kappa shape index (κ3) is 2.53. The van der Waals surface area contributed by atoms with Crippen LogP contribution < -0.4 is 5.32 Å². The Morgan fingerprint density at radius 2 is 2.07 bits per heavy atom. The Bertz CT molecular complexity index is 270. The number of aliphatic hydroxyl groups excluding tert-OH is 1. The van der Waals surface area contributed by atoms with Gasteiger partial charge in [0.05, 0.1) is 6.10 Å². The monoisotopic (exact) mass is 192 g/mol. The predicted molar refractivity (Wildman–Crippen MR) is 54.7 cm³/mol. The quantitative estimate of drug-likeness (QED) is 0.746. The van der Waals surface area contributed by atoms with E-state index >= 15 is 0 Å². The van der Waals surface area contributed by atoms with Crippen LogP contribution >= 0.6 is 0 Å². The van der Waals surface area contributed by atoms with Crippen molar-refractivity contribution in [2.45, 2.75) is 25.5 Å². The van der Waals surface area contributed by atoms with Crippen LogP contribution in [0.15, 0.2) is 24.5 Å². The second-order valence-electron chi connectivity index (χ2n) is 3.98. The van der Waals surface area contributed by atoms with E-state index in [0.29, 0.717) is 5.92 Å². The molecule has 1 aromatic heterocycles. The Labute approximate surface area is 84.2 Å². The summed E-state index contributed by atoms with van der Waals surface area (Å²) in [5.41, 5.74) is 1.26. The third-order valence-corrected chi connectivity index (χ3v) is 2.72. The van der Waals surface area contributed by atoms with Gasteiger partial charge in [-0.25, -0.2) is 0 Å². The summed E-state index contributed by atoms with van der Waals surface area (Å²) in [6, 6.07) is 4.03. The fourth-order valence-electron chi connectivity index (χ4n) is 1.79. The van der Waals surface area contributed by atoms with Crippen LogP contribution in [-0.4, -0.2) is 22.7 Å². The van der Waals surface area contributed by atoms with Crippen LogP contribution in [0.3, 0.4) is 0 Å². The summed E-state index contributed by atoms with van der Waals surface area (Å²) in [6.07, 6.45) is 5.50. The van der Waals surface area contributed by atoms with Gasteiger partial charge in [0.15, 0.2) is 0 Å². The molecule has 0 radical (unpaired) electrons. The SMILES string of the molecule is OC1CC(CNCc2ccncc2)C1. The van der Waals surface area contributed by atoms with E-state index in [1.807, 2.05) is 24.5 Å². The van der Waals surface area contributed by atoms with Crippen LogP contribution in [0.25, 0.3) is 0 Å². The van der Waals surface area contributed by atoms with E-state index in [-0.39, 0.29) is 6.10 Å². The van der Waals surface area contributed by atoms with Crippen LogP contribution in [0, 0.1) is 5.92 Å². The maximum atomic E-state index is 9.10. The second kappa shape index (κ2) is 4.53. The van der Waals surface area contributed by atoms with Gasteiger partial charge in [0.1, 0.15) is 0 Å². The minimum atomic E-state index is -0.0391. The first-order chi connectivity index (χ1) is 6.84. The molecule has 0 bridgehead atoms. The molecule has 1 saturated carbocycles. The van der Waals surface area contributed by atoms with Gasteiger partial charge in [-0.05, 0) is 43.0 Å². The summed E-state index contributed by atoms with van der Waals surface area (Å²) in [6.45, 7) is 1.91. The lowest BCUT2D eigenvalue weighted by molar-refractivity contribution is 0.0430. The molecule has 3 heteroatoms. The molecule has 1 aliphatic rings. The topological polar surface area (TPSA) is 45.1 Å². The Morgan fingerprint density at radius 1 is 1.36 bits per heavy atom. The standard InChI is InChI=1S/C11H16N2O/c14-11-5-10(6-11)8-13-7-9-1-3-12-4-2-9/h1-4,10-11,13-14H,5-8H2. The van der Waals surface area contributed by atoms with Gasteiger partial charge in [-0.2, -0.15) is 0 Å². The highest BCUT2D eigenvalue weighted by atomic mass is 16.3. The van der Waals surface area contributed by atoms with E-state index in [1.54, 1.807) is 0 Å². The summed E-state index contributed by atoms with van der Waals surface area (Å²) >= 11 is 0. The fraction of sp³-hybridized carbons (Fsp3) is 0.545. The first-order valence-corrected chi connectivity index (χ1v) is 5.12. The van der Waals surface area contributed by atoms with Crippen molar-refractivity contribution in [1.82, 2.24) is 10.3 Å². The number of hydrogen-bond acceptors (Lipinski definition) is 3. The van der Waals surface area contributed by atoms with Crippen LogP contribution in [0.1, 0.15) is 18.4 Å². The van der Waals surface area contributed by atoms with Gasteiger partial charge in [-0.1, -0.05) is 0 Å². The first-order valence-electron chi connectivity index (χ1n) is 5.12. The van der Waals surface area contributed by atoms with Crippen molar-refractivity contribution in [3.8, 4) is 0 Å². The number of hydrogen-bond donors (Lipinski definition) is 2. The molecule has 0 aliphatic heterocycles. The van der Waals surface area contributed by atoms with Gasteiger partial charge in [-0.3, -0.25) is 4.98 Å². The number of pyridine rings is 1. The highest BCUT2D eigenvalue weighted by Gasteiger charge is 2.26. The maximum Gasteiger partial charge on any atom is 0.0546 e. The summed E-state index contributed by atoms with van der Waals surface area (Å²) in [7, 11) is 0. The van der Waals surface area contributed by atoms with E-state index in [0.717, 1.165) is 25.9 Å². The molecular weight excluding hydrogens is 176 g/mol. The van der Waals surface area contributed by atoms with Crippen molar-refractivity contribution in [2.24, 2.45) is 5.92 Å². The van der Waals surface area contributed by atoms with E-state index in [1.165, 1.54) is 5.56 Å². The molecule has 14 heavy (non-hydrogen) atoms. The molecule has 1 fully saturated rings. The lowest BCUT2D eigenvalue weighted by atomic mass is 9.82. The molecule has 0 amide bonds. The molecule has 76 valence electrons. The van der Waals surface area contributed by atoms with Crippen molar-refractivity contribution in [3.63, 3.8) is 0 Å². The van der Waals surface area contributed by atoms with Crippen LogP contribution in [0.4, 0.5) is 0 Å². The molecule has 2 N–H and O–H groups in total. The minimum absolute atomic E-state index is 0.0391. The van der Waals surface area contributed by atoms with Crippen molar-refractivity contribution < 1.29 is 5.11 Å². The summed E-state index contributed by atoms with van der Waals surface area (Å²) in [5.74, 6) is 0.673. The lowest BCUT2D eigenvalue weighted by Gasteiger charge is -2.31. The molecule has 3 nitrogen and oxygen atoms in total. The fourth-order valence-corrected chi connectivity index (χ4v) is 1.79. The van der Waals surface area contributed by atoms with E-state index in [9.17, 15) is 0 Å². The molecule has 0 aromatic carbocycles. The smallest absolute Gasteiger partial charge is 0.0546 e. The molecule has 1 aromatic rings. The van der Waals surface area contributed by atoms with Gasteiger partial charge in [0, 0.05) is 18.9 Å². The third-order valence-electron chi connectivity index (χ3n) is 2.72. The highest BCUT2D eigenvalue weighted by Crippen LogP contribution is 2.26. The van der Waals surface area contributed by atoms with Crippen molar-refractivity contribution in [1.29, 1.82) is 0 Å². The number of rotatable bonds is 4. The average molecular weight is 192 g/mol. The molecular formula is C11H16N2O. The van der Waals surface area contributed by atoms with E-state index in [2.05, 4.69) is 10.3 Å². The number of aliphatic hydroxyl groups is 1. The van der Waals surface area contributed by atoms with Crippen LogP contribution in [0.5, 0.6) is 0 Å². The molecule has 1 heterocycles. The number of nitrogens with zero attached hydrogens (tertiary/aromatic N) is 1. The molecule has 0 saturated heterocycles. The zero-order chi connectivity index (χ0) is 9.80. The minimum Gasteiger partial charge on any atom is -0.393 e. The van der Waals surface area contributed by atoms with Gasteiger partial charge < -0.3 is 10.4 Å². The second-order valence-corrected chi connectivity index (χ2v) is 3.98. The Balaban J connectivity index is 1.64. The predicted octanol–water partition coefficient (Wildman–Crippen LogP) is 0.942. The molecule has 0 spiro atoms. The molecule has 2 rings (SSSR count). The van der Waals surface area contributed by atoms with Crippen molar-refractivity contribution in [3.05, 3.63) is 30.1 Å². The zero-order valence-electron chi connectivity index (χ0n) is 8.19. The molecule has 0 unspecified atom stereocenters. The summed E-state index contributed by atoms with van der Waals surface area (Å²) in [5, 5.41) is 12.5. The largest absolute Gasteiger partial charge is 0.393 e. The average Bonchev–Trinajstić information content (AvgIpc) is 2.17. The first kappa shape index (κ1) is 9.62. The van der Waals surface area contributed by atoms with Gasteiger partial charge in [-0.15, -0.1) is 0 Å². The van der Waals surface area contributed by atoms with Crippen molar-refractivity contribution >= 4 is 0 Å². The van der Waals surface area contributed by atoms with Gasteiger partial charge in [0.2, 0.25) is 0 Å². The van der Waals surface area contributed by atoms with Crippen LogP contribution in [-0.2, 0) is 6.54 Å². The zero-order valence-corrected chi connectivity index (χ0v) is 8.19. The van der Waals surface area contributed by atoms with Gasteiger partial charge >= 0.3 is 0 Å². The highest BCUT2D eigenvalue weighted by molar-refractivity contribution is 5.08. The molecule has 0 atom stereocenters. The lowest BCUT2D eigenvalue weighted by Crippen LogP contribution is -2.35. The maximum absolute atomic E-state index is 9.10. The van der Waals surface area contributed by atoms with Gasteiger partial charge in [0.25, 0.3) is 0 Å². The number of nitrogens with one attached hydrogen (secondary N) is 1. The summed E-state index contributed by atoms with van der Waals surface area (Å²) in [4.78, 5) is 3.97. The Kier molecular flexibility index (Phi) is 3.11. The Hall–Kier alpha value is -0.930. The van der Waals surface area contributed by atoms with E-state index in [4.69, 9.17) is 5.11 Å². The normalized spacial score (nSPS) is 25.8. The Morgan fingerprint density at radius 3 is 2.71 bits per heavy atom. The molecule has 1 aliphatic carbocycles. The van der Waals surface area contributed by atoms with Crippen LogP contribution in [0.2, 0.25) is 0 Å². The summed E-state index contributed by atoms with van der Waals surface area (Å²) < 4.78 is 0. The van der Waals surface area contributed by atoms with Crippen molar-refractivity contribution in [2.75, 3.05) is 6.54 Å².